The molecular weight excluding hydrogens is 440 g/mol. The maximum absolute atomic E-state index is 9.90. The summed E-state index contributed by atoms with van der Waals surface area (Å²) in [6.45, 7) is 0. The summed E-state index contributed by atoms with van der Waals surface area (Å²) in [4.78, 5) is 4.33. The van der Waals surface area contributed by atoms with Crippen molar-refractivity contribution in [3.63, 3.8) is 0 Å². The van der Waals surface area contributed by atoms with Gasteiger partial charge in [-0.15, -0.1) is 0 Å². The first-order valence-corrected chi connectivity index (χ1v) is 7.09. The summed E-state index contributed by atoms with van der Waals surface area (Å²) < 4.78 is 1.92. The molecule has 0 heterocycles. The largest absolute Gasteiger partial charge is 0.506 e. The Balaban J connectivity index is 2.33. The van der Waals surface area contributed by atoms with E-state index in [9.17, 15) is 5.11 Å². The van der Waals surface area contributed by atoms with Gasteiger partial charge >= 0.3 is 0 Å². The van der Waals surface area contributed by atoms with Crippen molar-refractivity contribution in [2.75, 3.05) is 0 Å². The number of phenolic OH excluding ortho intramolecular Hbond substituents is 1. The van der Waals surface area contributed by atoms with Gasteiger partial charge in [0.25, 0.3) is 0 Å². The van der Waals surface area contributed by atoms with E-state index in [2.05, 4.69) is 50.2 Å². The van der Waals surface area contributed by atoms with Crippen molar-refractivity contribution >= 4 is 57.1 Å². The van der Waals surface area contributed by atoms with E-state index in [1.54, 1.807) is 6.21 Å². The van der Waals surface area contributed by atoms with Gasteiger partial charge in [0.15, 0.2) is 0 Å². The third kappa shape index (κ3) is 3.41. The van der Waals surface area contributed by atoms with Gasteiger partial charge in [-0.25, -0.2) is 0 Å². The predicted molar refractivity (Wildman–Crippen MR) is 87.2 cm³/mol. The zero-order valence-electron chi connectivity index (χ0n) is 8.77. The fraction of sp³-hybridized carbons (Fsp3) is 0. The molecule has 0 saturated carbocycles. The van der Waals surface area contributed by atoms with E-state index in [1.807, 2.05) is 42.5 Å². The molecule has 0 bridgehead atoms. The molecule has 0 aliphatic carbocycles. The third-order valence-electron chi connectivity index (χ3n) is 2.17. The van der Waals surface area contributed by atoms with Crippen molar-refractivity contribution in [3.05, 3.63) is 55.2 Å². The van der Waals surface area contributed by atoms with Crippen molar-refractivity contribution < 1.29 is 5.11 Å². The average Bonchev–Trinajstić information content (AvgIpc) is 2.33. The van der Waals surface area contributed by atoms with E-state index in [0.29, 0.717) is 0 Å². The lowest BCUT2D eigenvalue weighted by Gasteiger charge is -2.02. The smallest absolute Gasteiger partial charge is 0.137 e. The zero-order chi connectivity index (χ0) is 12.3. The standard InChI is InChI=1S/C13H9I2NO/c14-10-6-9(13(17)12(15)7-10)8-16-11-4-2-1-3-5-11/h1-8,17H/b16-8+. The molecule has 2 nitrogen and oxygen atoms in total. The molecule has 0 aromatic heterocycles. The van der Waals surface area contributed by atoms with Gasteiger partial charge in [0.2, 0.25) is 0 Å². The molecular formula is C13H9I2NO. The van der Waals surface area contributed by atoms with Crippen LogP contribution >= 0.6 is 45.2 Å². The number of hydrogen-bond acceptors (Lipinski definition) is 2. The molecule has 0 spiro atoms. The third-order valence-corrected chi connectivity index (χ3v) is 3.61. The van der Waals surface area contributed by atoms with Gasteiger partial charge in [-0.3, -0.25) is 4.99 Å². The molecule has 2 rings (SSSR count). The number of rotatable bonds is 2. The second-order valence-corrected chi connectivity index (χ2v) is 5.83. The number of phenols is 1. The SMILES string of the molecule is Oc1c(I)cc(I)cc1/C=N/c1ccccc1. The number of aliphatic imine (C=N–C) groups is 1. The van der Waals surface area contributed by atoms with E-state index in [0.717, 1.165) is 18.4 Å². The molecule has 2 aromatic rings. The van der Waals surface area contributed by atoms with E-state index >= 15 is 0 Å². The molecule has 0 saturated heterocycles. The molecule has 17 heavy (non-hydrogen) atoms. The van der Waals surface area contributed by atoms with Gasteiger partial charge < -0.3 is 5.11 Å². The number of para-hydroxylation sites is 1. The Morgan fingerprint density at radius 3 is 2.47 bits per heavy atom. The summed E-state index contributed by atoms with van der Waals surface area (Å²) in [6.07, 6.45) is 1.69. The van der Waals surface area contributed by atoms with Crippen LogP contribution in [-0.2, 0) is 0 Å². The molecule has 0 amide bonds. The van der Waals surface area contributed by atoms with E-state index in [-0.39, 0.29) is 5.75 Å². The zero-order valence-corrected chi connectivity index (χ0v) is 13.1. The first-order valence-electron chi connectivity index (χ1n) is 4.94. The van der Waals surface area contributed by atoms with Crippen LogP contribution in [0.15, 0.2) is 47.5 Å². The Hall–Kier alpha value is -0.630. The van der Waals surface area contributed by atoms with Crippen molar-refractivity contribution in [2.24, 2.45) is 4.99 Å². The van der Waals surface area contributed by atoms with Gasteiger partial charge in [0.1, 0.15) is 5.75 Å². The highest BCUT2D eigenvalue weighted by atomic mass is 127. The van der Waals surface area contributed by atoms with Crippen LogP contribution in [-0.4, -0.2) is 11.3 Å². The van der Waals surface area contributed by atoms with Gasteiger partial charge in [0.05, 0.1) is 9.26 Å². The number of halogens is 2. The minimum Gasteiger partial charge on any atom is -0.506 e. The first kappa shape index (κ1) is 12.8. The molecule has 0 atom stereocenters. The highest BCUT2D eigenvalue weighted by Crippen LogP contribution is 2.26. The number of benzene rings is 2. The molecule has 2 aromatic carbocycles. The van der Waals surface area contributed by atoms with Crippen molar-refractivity contribution in [1.82, 2.24) is 0 Å². The van der Waals surface area contributed by atoms with E-state index in [1.165, 1.54) is 0 Å². The quantitative estimate of drug-likeness (QED) is 0.537. The topological polar surface area (TPSA) is 32.6 Å². The molecule has 0 aliphatic rings. The lowest BCUT2D eigenvalue weighted by Crippen LogP contribution is -1.87. The fourth-order valence-corrected chi connectivity index (χ4v) is 3.23. The second-order valence-electron chi connectivity index (χ2n) is 3.42. The summed E-state index contributed by atoms with van der Waals surface area (Å²) >= 11 is 4.34. The lowest BCUT2D eigenvalue weighted by atomic mass is 10.2. The molecule has 0 unspecified atom stereocenters. The predicted octanol–water partition coefficient (Wildman–Crippen LogP) is 4.35. The number of aromatic hydroxyl groups is 1. The maximum atomic E-state index is 9.90. The van der Waals surface area contributed by atoms with Crippen LogP contribution in [0.5, 0.6) is 5.75 Å². The Labute approximate surface area is 127 Å². The Morgan fingerprint density at radius 2 is 1.76 bits per heavy atom. The molecule has 0 radical (unpaired) electrons. The monoisotopic (exact) mass is 449 g/mol. The average molecular weight is 449 g/mol. The summed E-state index contributed by atoms with van der Waals surface area (Å²) in [5.74, 6) is 0.283. The Morgan fingerprint density at radius 1 is 1.06 bits per heavy atom. The minimum atomic E-state index is 0.283. The van der Waals surface area contributed by atoms with Crippen LogP contribution in [0.4, 0.5) is 5.69 Å². The number of nitrogens with zero attached hydrogens (tertiary/aromatic N) is 1. The van der Waals surface area contributed by atoms with Gasteiger partial charge in [-0.2, -0.15) is 0 Å². The van der Waals surface area contributed by atoms with E-state index in [4.69, 9.17) is 0 Å². The normalized spacial score (nSPS) is 10.9. The first-order chi connectivity index (χ1) is 8.16. The molecule has 86 valence electrons. The van der Waals surface area contributed by atoms with Crippen LogP contribution < -0.4 is 0 Å². The summed E-state index contributed by atoms with van der Waals surface area (Å²) in [5.41, 5.74) is 1.62. The lowest BCUT2D eigenvalue weighted by molar-refractivity contribution is 0.470. The van der Waals surface area contributed by atoms with Gasteiger partial charge in [0, 0.05) is 15.3 Å². The number of hydrogen-bond donors (Lipinski definition) is 1. The minimum absolute atomic E-state index is 0.283. The Kier molecular flexibility index (Phi) is 4.38. The van der Waals surface area contributed by atoms with Crippen LogP contribution in [0.25, 0.3) is 0 Å². The molecule has 0 fully saturated rings. The molecule has 4 heteroatoms. The van der Waals surface area contributed by atoms with Crippen LogP contribution in [0.1, 0.15) is 5.56 Å². The fourth-order valence-electron chi connectivity index (χ4n) is 1.34. The maximum Gasteiger partial charge on any atom is 0.137 e. The van der Waals surface area contributed by atoms with Crippen molar-refractivity contribution in [3.8, 4) is 5.75 Å². The summed E-state index contributed by atoms with van der Waals surface area (Å²) in [5, 5.41) is 9.90. The van der Waals surface area contributed by atoms with Crippen molar-refractivity contribution in [2.45, 2.75) is 0 Å². The van der Waals surface area contributed by atoms with Crippen LogP contribution in [0, 0.1) is 7.14 Å². The van der Waals surface area contributed by atoms with Crippen LogP contribution in [0.2, 0.25) is 0 Å². The second kappa shape index (κ2) is 5.81. The summed E-state index contributed by atoms with van der Waals surface area (Å²) in [6, 6.07) is 13.5. The van der Waals surface area contributed by atoms with Crippen LogP contribution in [0.3, 0.4) is 0 Å². The van der Waals surface area contributed by atoms with Crippen molar-refractivity contribution in [1.29, 1.82) is 0 Å². The molecule has 0 aliphatic heterocycles. The highest BCUT2D eigenvalue weighted by molar-refractivity contribution is 14.1. The van der Waals surface area contributed by atoms with E-state index < -0.39 is 0 Å². The molecule has 1 N–H and O–H groups in total. The Bertz CT molecular complexity index is 553. The van der Waals surface area contributed by atoms with Gasteiger partial charge in [-0.1, -0.05) is 18.2 Å². The summed E-state index contributed by atoms with van der Waals surface area (Å²) in [7, 11) is 0. The highest BCUT2D eigenvalue weighted by Gasteiger charge is 2.04. The van der Waals surface area contributed by atoms with Gasteiger partial charge in [-0.05, 0) is 69.4 Å².